The molecule has 0 heterocycles. The highest BCUT2D eigenvalue weighted by atomic mass is 16.6. The first-order chi connectivity index (χ1) is 40.0. The molecule has 1 unspecified atom stereocenters. The van der Waals surface area contributed by atoms with E-state index in [4.69, 9.17) is 14.2 Å². The molecule has 6 heteroatoms. The van der Waals surface area contributed by atoms with Crippen LogP contribution in [0.3, 0.4) is 0 Å². The van der Waals surface area contributed by atoms with Crippen molar-refractivity contribution in [1.82, 2.24) is 0 Å². The summed E-state index contributed by atoms with van der Waals surface area (Å²) in [6, 6.07) is 0. The van der Waals surface area contributed by atoms with Gasteiger partial charge in [-0.3, -0.25) is 14.4 Å². The van der Waals surface area contributed by atoms with Crippen LogP contribution in [0.5, 0.6) is 0 Å². The Morgan fingerprint density at radius 1 is 0.259 bits per heavy atom. The van der Waals surface area contributed by atoms with Crippen molar-refractivity contribution in [2.24, 2.45) is 0 Å². The number of hydrogen-bond acceptors (Lipinski definition) is 6. The van der Waals surface area contributed by atoms with Crippen LogP contribution in [-0.2, 0) is 28.6 Å². The molecule has 0 rings (SSSR count). The molecule has 6 nitrogen and oxygen atoms in total. The van der Waals surface area contributed by atoms with Crippen LogP contribution in [0.4, 0.5) is 0 Å². The van der Waals surface area contributed by atoms with Gasteiger partial charge >= 0.3 is 17.9 Å². The van der Waals surface area contributed by atoms with Gasteiger partial charge in [0.05, 0.1) is 0 Å². The third kappa shape index (κ3) is 65.7. The van der Waals surface area contributed by atoms with Crippen molar-refractivity contribution in [1.29, 1.82) is 0 Å². The van der Waals surface area contributed by atoms with E-state index in [1.807, 2.05) is 0 Å². The monoisotopic (exact) mass is 1120 g/mol. The van der Waals surface area contributed by atoms with Crippen LogP contribution in [0.25, 0.3) is 0 Å². The van der Waals surface area contributed by atoms with Crippen molar-refractivity contribution in [3.05, 3.63) is 158 Å². The maximum Gasteiger partial charge on any atom is 0.306 e. The second-order valence-electron chi connectivity index (χ2n) is 21.3. The van der Waals surface area contributed by atoms with Gasteiger partial charge in [0.2, 0.25) is 0 Å². The van der Waals surface area contributed by atoms with Crippen LogP contribution >= 0.6 is 0 Å². The van der Waals surface area contributed by atoms with Gasteiger partial charge in [-0.1, -0.05) is 269 Å². The fourth-order valence-electron chi connectivity index (χ4n) is 8.62. The minimum absolute atomic E-state index is 0.105. The summed E-state index contributed by atoms with van der Waals surface area (Å²) in [5, 5.41) is 0. The number of carbonyl (C=O) groups excluding carboxylic acids is 3. The topological polar surface area (TPSA) is 78.9 Å². The zero-order valence-electron chi connectivity index (χ0n) is 52.2. The van der Waals surface area contributed by atoms with Crippen molar-refractivity contribution in [3.63, 3.8) is 0 Å². The van der Waals surface area contributed by atoms with Crippen molar-refractivity contribution in [3.8, 4) is 0 Å². The predicted octanol–water partition coefficient (Wildman–Crippen LogP) is 22.9. The number of esters is 3. The summed E-state index contributed by atoms with van der Waals surface area (Å²) in [5.74, 6) is -0.954. The van der Waals surface area contributed by atoms with Gasteiger partial charge in [0.1, 0.15) is 13.2 Å². The quantitative estimate of drug-likeness (QED) is 0.0261. The Morgan fingerprint density at radius 3 is 0.753 bits per heavy atom. The Hall–Kier alpha value is -4.97. The van der Waals surface area contributed by atoms with Gasteiger partial charge in [0, 0.05) is 19.3 Å². The number of allylic oxidation sites excluding steroid dienone is 26. The summed E-state index contributed by atoms with van der Waals surface area (Å²) in [7, 11) is 0. The number of unbranched alkanes of at least 4 members (excludes halogenated alkanes) is 21. The molecule has 0 saturated heterocycles. The molecule has 0 saturated carbocycles. The number of carbonyl (C=O) groups is 3. The molecule has 0 aliphatic rings. The maximum atomic E-state index is 12.9. The highest BCUT2D eigenvalue weighted by Crippen LogP contribution is 2.14. The molecule has 456 valence electrons. The second kappa shape index (κ2) is 67.5. The van der Waals surface area contributed by atoms with E-state index in [1.54, 1.807) is 0 Å². The zero-order valence-corrected chi connectivity index (χ0v) is 52.2. The SMILES string of the molecule is CC/C=C\C/C=C\C/C=C\C/C=C\C/C=C\C/C=C\C/C=C\CCCCCCCC(=O)OCC(COC(=O)CCCCCCC/C=C\C/C=C\C/C=C\CC)OC(=O)CCCCCCCC/C=C\C/C=C\C/C=C\CCCCCCC. The van der Waals surface area contributed by atoms with Crippen LogP contribution in [-0.4, -0.2) is 37.2 Å². The highest BCUT2D eigenvalue weighted by molar-refractivity contribution is 5.71. The van der Waals surface area contributed by atoms with Crippen molar-refractivity contribution in [2.45, 2.75) is 284 Å². The number of rotatable bonds is 58. The molecular formula is C75H120O6. The average Bonchev–Trinajstić information content (AvgIpc) is 3.47. The number of ether oxygens (including phenoxy) is 3. The van der Waals surface area contributed by atoms with Crippen molar-refractivity contribution in [2.75, 3.05) is 13.2 Å². The molecule has 1 atom stereocenters. The lowest BCUT2D eigenvalue weighted by atomic mass is 10.1. The van der Waals surface area contributed by atoms with E-state index in [9.17, 15) is 14.4 Å². The Labute approximate surface area is 499 Å². The second-order valence-corrected chi connectivity index (χ2v) is 21.3. The lowest BCUT2D eigenvalue weighted by Crippen LogP contribution is -2.30. The standard InChI is InChI=1S/C75H120O6/c1-4-7-10-13-16-19-22-25-28-30-32-34-35-36-37-38-39-41-42-44-47-50-53-56-59-62-65-68-74(77)80-71-72(70-79-73(76)67-64-61-58-55-52-49-46-27-24-21-18-15-12-9-6-3)81-75(78)69-66-63-60-57-54-51-48-45-43-40-33-31-29-26-23-20-17-14-11-8-5-2/h7,9-10,12,16,18-19,21,23,25-28,31-34,36-37,39,41,43-47,72H,4-6,8,11,13-15,17,20,22,24,29-30,35,38,40,42,48-71H2,1-3H3/b10-7-,12-9-,19-16-,21-18-,26-23-,28-25-,33-31-,34-32-,37-36-,41-39-,45-43-,46-27-,47-44-. The molecule has 0 N–H and O–H groups in total. The Balaban J connectivity index is 4.47. The minimum atomic E-state index is -0.811. The van der Waals surface area contributed by atoms with Crippen LogP contribution in [0.1, 0.15) is 278 Å². The van der Waals surface area contributed by atoms with Crippen LogP contribution in [0, 0.1) is 0 Å². The highest BCUT2D eigenvalue weighted by Gasteiger charge is 2.19. The molecule has 0 aromatic carbocycles. The zero-order chi connectivity index (χ0) is 58.5. The van der Waals surface area contributed by atoms with E-state index in [0.717, 1.165) is 186 Å². The Bertz CT molecular complexity index is 1810. The molecule has 0 aromatic heterocycles. The lowest BCUT2D eigenvalue weighted by Gasteiger charge is -2.18. The summed E-state index contributed by atoms with van der Waals surface area (Å²) >= 11 is 0. The first kappa shape index (κ1) is 76.0. The van der Waals surface area contributed by atoms with Crippen LogP contribution in [0.15, 0.2) is 158 Å². The fraction of sp³-hybridized carbons (Fsp3) is 0.613. The largest absolute Gasteiger partial charge is 0.462 e. The predicted molar refractivity (Wildman–Crippen MR) is 352 cm³/mol. The summed E-state index contributed by atoms with van der Waals surface area (Å²) in [6.07, 6.45) is 98.1. The maximum absolute atomic E-state index is 12.9. The summed E-state index contributed by atoms with van der Waals surface area (Å²) < 4.78 is 16.9. The first-order valence-electron chi connectivity index (χ1n) is 33.0. The summed E-state index contributed by atoms with van der Waals surface area (Å²) in [4.78, 5) is 38.4. The van der Waals surface area contributed by atoms with E-state index in [0.29, 0.717) is 19.3 Å². The van der Waals surface area contributed by atoms with E-state index < -0.39 is 6.10 Å². The third-order valence-corrected chi connectivity index (χ3v) is 13.5. The van der Waals surface area contributed by atoms with Crippen LogP contribution in [0.2, 0.25) is 0 Å². The van der Waals surface area contributed by atoms with Gasteiger partial charge in [0.15, 0.2) is 6.10 Å². The fourth-order valence-corrected chi connectivity index (χ4v) is 8.62. The van der Waals surface area contributed by atoms with Crippen LogP contribution < -0.4 is 0 Å². The summed E-state index contributed by atoms with van der Waals surface area (Å²) in [5.41, 5.74) is 0. The number of hydrogen-bond donors (Lipinski definition) is 0. The van der Waals surface area contributed by atoms with Crippen molar-refractivity contribution >= 4 is 17.9 Å². The van der Waals surface area contributed by atoms with E-state index in [1.165, 1.54) is 51.4 Å². The van der Waals surface area contributed by atoms with Gasteiger partial charge in [-0.15, -0.1) is 0 Å². The van der Waals surface area contributed by atoms with Gasteiger partial charge in [0.25, 0.3) is 0 Å². The Morgan fingerprint density at radius 2 is 0.481 bits per heavy atom. The molecule has 0 aliphatic heterocycles. The molecule has 0 amide bonds. The Kier molecular flexibility index (Phi) is 63.4. The molecule has 0 aliphatic carbocycles. The van der Waals surface area contributed by atoms with Crippen molar-refractivity contribution < 1.29 is 28.6 Å². The average molecular weight is 1120 g/mol. The molecular weight excluding hydrogens is 997 g/mol. The van der Waals surface area contributed by atoms with Gasteiger partial charge in [-0.25, -0.2) is 0 Å². The smallest absolute Gasteiger partial charge is 0.306 e. The molecule has 81 heavy (non-hydrogen) atoms. The lowest BCUT2D eigenvalue weighted by molar-refractivity contribution is -0.167. The summed E-state index contributed by atoms with van der Waals surface area (Å²) in [6.45, 7) is 6.36. The van der Waals surface area contributed by atoms with E-state index in [2.05, 4.69) is 179 Å². The molecule has 0 bridgehead atoms. The molecule has 0 radical (unpaired) electrons. The van der Waals surface area contributed by atoms with E-state index in [-0.39, 0.29) is 31.1 Å². The molecule has 0 spiro atoms. The van der Waals surface area contributed by atoms with E-state index >= 15 is 0 Å². The first-order valence-corrected chi connectivity index (χ1v) is 33.0. The van der Waals surface area contributed by atoms with Gasteiger partial charge in [-0.05, 0) is 148 Å². The molecule has 0 aromatic rings. The van der Waals surface area contributed by atoms with Gasteiger partial charge in [-0.2, -0.15) is 0 Å². The normalized spacial score (nSPS) is 13.2. The minimum Gasteiger partial charge on any atom is -0.462 e. The third-order valence-electron chi connectivity index (χ3n) is 13.5. The van der Waals surface area contributed by atoms with Gasteiger partial charge < -0.3 is 14.2 Å². The molecule has 0 fully saturated rings.